The van der Waals surface area contributed by atoms with Gasteiger partial charge in [-0.05, 0) is 36.4 Å². The summed E-state index contributed by atoms with van der Waals surface area (Å²) in [5, 5.41) is 8.49. The summed E-state index contributed by atoms with van der Waals surface area (Å²) >= 11 is 0. The third kappa shape index (κ3) is 4.82. The van der Waals surface area contributed by atoms with E-state index in [-0.39, 0.29) is 17.5 Å². The molecule has 2 aromatic carbocycles. The molecule has 0 aliphatic carbocycles. The van der Waals surface area contributed by atoms with Crippen molar-refractivity contribution in [3.05, 3.63) is 66.6 Å². The summed E-state index contributed by atoms with van der Waals surface area (Å²) in [6, 6.07) is 14.2. The minimum absolute atomic E-state index is 0.158. The lowest BCUT2D eigenvalue weighted by Gasteiger charge is -2.10. The van der Waals surface area contributed by atoms with Crippen molar-refractivity contribution >= 4 is 34.7 Å². The molecule has 142 valence electrons. The van der Waals surface area contributed by atoms with Crippen molar-refractivity contribution in [1.29, 1.82) is 0 Å². The predicted molar refractivity (Wildman–Crippen MR) is 107 cm³/mol. The van der Waals surface area contributed by atoms with Crippen molar-refractivity contribution in [3.63, 3.8) is 0 Å². The minimum Gasteiger partial charge on any atom is -0.495 e. The van der Waals surface area contributed by atoms with E-state index in [1.165, 1.54) is 19.3 Å². The largest absolute Gasteiger partial charge is 0.495 e. The number of benzene rings is 2. The number of nitrogens with one attached hydrogen (secondary N) is 3. The van der Waals surface area contributed by atoms with Gasteiger partial charge in [0, 0.05) is 18.3 Å². The molecule has 3 aromatic rings. The van der Waals surface area contributed by atoms with Gasteiger partial charge in [-0.1, -0.05) is 12.1 Å². The van der Waals surface area contributed by atoms with Crippen LogP contribution in [0, 0.1) is 0 Å². The van der Waals surface area contributed by atoms with Crippen LogP contribution in [0.4, 0.5) is 22.9 Å². The summed E-state index contributed by atoms with van der Waals surface area (Å²) in [5.74, 6) is 0.618. The minimum atomic E-state index is -0.386. The molecule has 2 amide bonds. The summed E-state index contributed by atoms with van der Waals surface area (Å²) in [6.07, 6.45) is 2.86. The lowest BCUT2D eigenvalue weighted by molar-refractivity contribution is -0.114. The third-order valence-electron chi connectivity index (χ3n) is 3.72. The zero-order valence-electron chi connectivity index (χ0n) is 15.4. The number of aromatic nitrogens is 2. The molecule has 3 N–H and O–H groups in total. The normalized spacial score (nSPS) is 10.1. The van der Waals surface area contributed by atoms with Gasteiger partial charge >= 0.3 is 0 Å². The number of methoxy groups -OCH3 is 1. The molecule has 3 rings (SSSR count). The quantitative estimate of drug-likeness (QED) is 0.608. The zero-order valence-corrected chi connectivity index (χ0v) is 15.4. The lowest BCUT2D eigenvalue weighted by Crippen LogP contribution is -2.14. The maximum atomic E-state index is 12.3. The number of ether oxygens (including phenoxy) is 1. The molecule has 0 aliphatic rings. The number of carbonyl (C=O) groups is 2. The zero-order chi connectivity index (χ0) is 19.9. The predicted octanol–water partition coefficient (Wildman–Crippen LogP) is 3.44. The SMILES string of the molecule is COc1ccccc1Nc1cnc(C(=O)Nc2ccc(NC(C)=O)cc2)cn1. The summed E-state index contributed by atoms with van der Waals surface area (Å²) in [6.45, 7) is 1.43. The maximum Gasteiger partial charge on any atom is 0.275 e. The molecule has 0 saturated carbocycles. The molecule has 0 radical (unpaired) electrons. The average molecular weight is 377 g/mol. The topological polar surface area (TPSA) is 105 Å². The van der Waals surface area contributed by atoms with E-state index >= 15 is 0 Å². The Labute approximate surface area is 162 Å². The fourth-order valence-corrected chi connectivity index (χ4v) is 2.43. The van der Waals surface area contributed by atoms with Gasteiger partial charge in [0.1, 0.15) is 17.3 Å². The Morgan fingerprint density at radius 2 is 1.57 bits per heavy atom. The number of rotatable bonds is 6. The van der Waals surface area contributed by atoms with Crippen LogP contribution in [0.1, 0.15) is 17.4 Å². The highest BCUT2D eigenvalue weighted by molar-refractivity contribution is 6.02. The molecular weight excluding hydrogens is 358 g/mol. The Bertz CT molecular complexity index is 972. The van der Waals surface area contributed by atoms with Crippen molar-refractivity contribution in [1.82, 2.24) is 9.97 Å². The van der Waals surface area contributed by atoms with Gasteiger partial charge < -0.3 is 20.7 Å². The van der Waals surface area contributed by atoms with Crippen molar-refractivity contribution in [2.24, 2.45) is 0 Å². The summed E-state index contributed by atoms with van der Waals surface area (Å²) in [4.78, 5) is 31.7. The third-order valence-corrected chi connectivity index (χ3v) is 3.72. The number of hydrogen-bond acceptors (Lipinski definition) is 6. The summed E-state index contributed by atoms with van der Waals surface area (Å²) in [7, 11) is 1.59. The molecule has 0 aliphatic heterocycles. The highest BCUT2D eigenvalue weighted by Crippen LogP contribution is 2.25. The van der Waals surface area contributed by atoms with E-state index in [1.54, 1.807) is 31.4 Å². The number of amides is 2. The monoisotopic (exact) mass is 377 g/mol. The molecule has 1 aromatic heterocycles. The molecule has 8 heteroatoms. The molecule has 0 unspecified atom stereocenters. The second-order valence-corrected chi connectivity index (χ2v) is 5.82. The average Bonchev–Trinajstić information content (AvgIpc) is 2.70. The van der Waals surface area contributed by atoms with Crippen LogP contribution in [0.5, 0.6) is 5.75 Å². The standard InChI is InChI=1S/C20H19N5O3/c1-13(26)23-14-7-9-15(10-8-14)24-20(27)17-11-22-19(12-21-17)25-16-5-3-4-6-18(16)28-2/h3-12H,1-2H3,(H,22,25)(H,23,26)(H,24,27). The van der Waals surface area contributed by atoms with E-state index < -0.39 is 0 Å². The van der Waals surface area contributed by atoms with Crippen LogP contribution in [0.15, 0.2) is 60.9 Å². The van der Waals surface area contributed by atoms with E-state index in [0.29, 0.717) is 22.9 Å². The Morgan fingerprint density at radius 3 is 2.18 bits per heavy atom. The molecule has 1 heterocycles. The van der Waals surface area contributed by atoms with E-state index in [1.807, 2.05) is 24.3 Å². The first-order valence-corrected chi connectivity index (χ1v) is 8.46. The van der Waals surface area contributed by atoms with Gasteiger partial charge in [-0.3, -0.25) is 9.59 Å². The van der Waals surface area contributed by atoms with Crippen LogP contribution in [-0.2, 0) is 4.79 Å². The van der Waals surface area contributed by atoms with Crippen LogP contribution < -0.4 is 20.7 Å². The van der Waals surface area contributed by atoms with Crippen molar-refractivity contribution in [2.75, 3.05) is 23.1 Å². The highest BCUT2D eigenvalue weighted by atomic mass is 16.5. The van der Waals surface area contributed by atoms with Crippen molar-refractivity contribution in [3.8, 4) is 5.75 Å². The van der Waals surface area contributed by atoms with Crippen LogP contribution in [-0.4, -0.2) is 28.9 Å². The molecular formula is C20H19N5O3. The van der Waals surface area contributed by atoms with Gasteiger partial charge in [-0.25, -0.2) is 9.97 Å². The molecule has 8 nitrogen and oxygen atoms in total. The number of para-hydroxylation sites is 2. The summed E-state index contributed by atoms with van der Waals surface area (Å²) < 4.78 is 5.28. The van der Waals surface area contributed by atoms with E-state index in [0.717, 1.165) is 5.69 Å². The van der Waals surface area contributed by atoms with Gasteiger partial charge in [0.25, 0.3) is 5.91 Å². The number of nitrogens with zero attached hydrogens (tertiary/aromatic N) is 2. The van der Waals surface area contributed by atoms with E-state index in [4.69, 9.17) is 4.74 Å². The van der Waals surface area contributed by atoms with Crippen molar-refractivity contribution in [2.45, 2.75) is 6.92 Å². The van der Waals surface area contributed by atoms with Crippen LogP contribution in [0.25, 0.3) is 0 Å². The number of anilines is 4. The molecule has 0 saturated heterocycles. The Hall–Kier alpha value is -3.94. The Kier molecular flexibility index (Phi) is 5.81. The number of carbonyl (C=O) groups excluding carboxylic acids is 2. The second kappa shape index (κ2) is 8.63. The van der Waals surface area contributed by atoms with Crippen LogP contribution >= 0.6 is 0 Å². The number of hydrogen-bond donors (Lipinski definition) is 3. The van der Waals surface area contributed by atoms with Gasteiger partial charge in [-0.2, -0.15) is 0 Å². The molecule has 0 bridgehead atoms. The first-order valence-electron chi connectivity index (χ1n) is 8.46. The van der Waals surface area contributed by atoms with Crippen LogP contribution in [0.3, 0.4) is 0 Å². The van der Waals surface area contributed by atoms with Gasteiger partial charge in [0.2, 0.25) is 5.91 Å². The first-order chi connectivity index (χ1) is 13.5. The lowest BCUT2D eigenvalue weighted by atomic mass is 10.2. The van der Waals surface area contributed by atoms with Crippen LogP contribution in [0.2, 0.25) is 0 Å². The van der Waals surface area contributed by atoms with Crippen molar-refractivity contribution < 1.29 is 14.3 Å². The first kappa shape index (κ1) is 18.8. The Balaban J connectivity index is 1.64. The van der Waals surface area contributed by atoms with Gasteiger partial charge in [0.15, 0.2) is 0 Å². The second-order valence-electron chi connectivity index (χ2n) is 5.82. The fourth-order valence-electron chi connectivity index (χ4n) is 2.43. The van der Waals surface area contributed by atoms with E-state index in [2.05, 4.69) is 25.9 Å². The van der Waals surface area contributed by atoms with Gasteiger partial charge in [0.05, 0.1) is 25.2 Å². The fraction of sp³-hybridized carbons (Fsp3) is 0.100. The smallest absolute Gasteiger partial charge is 0.275 e. The molecule has 0 spiro atoms. The summed E-state index contributed by atoms with van der Waals surface area (Å²) in [5.41, 5.74) is 2.15. The molecule has 28 heavy (non-hydrogen) atoms. The highest BCUT2D eigenvalue weighted by Gasteiger charge is 2.10. The Morgan fingerprint density at radius 1 is 0.893 bits per heavy atom. The molecule has 0 fully saturated rings. The molecule has 0 atom stereocenters. The van der Waals surface area contributed by atoms with E-state index in [9.17, 15) is 9.59 Å². The van der Waals surface area contributed by atoms with Gasteiger partial charge in [-0.15, -0.1) is 0 Å². The maximum absolute atomic E-state index is 12.3.